The predicted molar refractivity (Wildman–Crippen MR) is 157 cm³/mol. The van der Waals surface area contributed by atoms with Crippen molar-refractivity contribution in [1.82, 2.24) is 0 Å². The molecule has 5 aromatic rings. The summed E-state index contributed by atoms with van der Waals surface area (Å²) in [5.74, 6) is -0.567. The summed E-state index contributed by atoms with van der Waals surface area (Å²) >= 11 is 0. The molecule has 0 saturated carbocycles. The zero-order valence-corrected chi connectivity index (χ0v) is 22.1. The zero-order chi connectivity index (χ0) is 27.9. The lowest BCUT2D eigenvalue weighted by atomic mass is 9.93. The molecule has 198 valence electrons. The van der Waals surface area contributed by atoms with E-state index in [0.29, 0.717) is 17.0 Å². The van der Waals surface area contributed by atoms with E-state index in [9.17, 15) is 13.6 Å². The van der Waals surface area contributed by atoms with Crippen LogP contribution in [-0.4, -0.2) is 5.97 Å². The number of ether oxygens (including phenoxy) is 1. The Morgan fingerprint density at radius 1 is 0.750 bits per heavy atom. The van der Waals surface area contributed by atoms with Crippen molar-refractivity contribution in [2.75, 3.05) is 0 Å². The van der Waals surface area contributed by atoms with Crippen LogP contribution in [0.4, 0.5) is 8.78 Å². The third-order valence-corrected chi connectivity index (χ3v) is 6.82. The number of hydrogen-bond acceptors (Lipinski definition) is 2. The fourth-order valence-corrected chi connectivity index (χ4v) is 4.51. The number of hydrogen-bond donors (Lipinski definition) is 0. The van der Waals surface area contributed by atoms with E-state index in [1.54, 1.807) is 48.6 Å². The van der Waals surface area contributed by atoms with Crippen molar-refractivity contribution < 1.29 is 18.3 Å². The Kier molecular flexibility index (Phi) is 8.26. The van der Waals surface area contributed by atoms with Crippen LogP contribution in [0.15, 0.2) is 121 Å². The molecule has 0 aliphatic carbocycles. The van der Waals surface area contributed by atoms with Crippen molar-refractivity contribution in [2.45, 2.75) is 19.3 Å². The highest BCUT2D eigenvalue weighted by atomic mass is 19.1. The molecule has 2 nitrogen and oxygen atoms in total. The fraction of sp³-hybridized carbons (Fsp3) is 0.0833. The molecule has 1 unspecified atom stereocenters. The van der Waals surface area contributed by atoms with Crippen LogP contribution in [0.25, 0.3) is 23.3 Å². The summed E-state index contributed by atoms with van der Waals surface area (Å²) in [5, 5.41) is 0. The first-order chi connectivity index (χ1) is 19.4. The lowest BCUT2D eigenvalue weighted by molar-refractivity contribution is 0.0734. The molecule has 0 spiro atoms. The molecule has 0 saturated heterocycles. The molecular weight excluding hydrogens is 502 g/mol. The molecule has 5 aromatic carbocycles. The van der Waals surface area contributed by atoms with E-state index < -0.39 is 11.8 Å². The number of rotatable bonds is 8. The Bertz CT molecular complexity index is 1610. The standard InChI is InChI=1S/C36H28F2O2/c1-25(28-5-3-2-4-6-28)23-27-10-12-29(13-11-27)32-18-17-30(35(38)24-32)14-7-26-8-15-31(16-9-26)36(39)40-34-21-19-33(37)20-22-34/h2-22,24-25H,23H2,1H3/b14-7+. The average molecular weight is 531 g/mol. The van der Waals surface area contributed by atoms with Gasteiger partial charge in [0.25, 0.3) is 0 Å². The summed E-state index contributed by atoms with van der Waals surface area (Å²) in [7, 11) is 0. The summed E-state index contributed by atoms with van der Waals surface area (Å²) in [6.07, 6.45) is 4.44. The van der Waals surface area contributed by atoms with Gasteiger partial charge >= 0.3 is 5.97 Å². The first kappa shape index (κ1) is 26.8. The van der Waals surface area contributed by atoms with E-state index in [0.717, 1.165) is 23.1 Å². The van der Waals surface area contributed by atoms with E-state index in [-0.39, 0.29) is 11.6 Å². The summed E-state index contributed by atoms with van der Waals surface area (Å²) in [6, 6.07) is 36.0. The Labute approximate surface area is 233 Å². The highest BCUT2D eigenvalue weighted by Gasteiger charge is 2.10. The highest BCUT2D eigenvalue weighted by molar-refractivity contribution is 5.91. The predicted octanol–water partition coefficient (Wildman–Crippen LogP) is 9.37. The largest absolute Gasteiger partial charge is 0.423 e. The van der Waals surface area contributed by atoms with Gasteiger partial charge in [-0.3, -0.25) is 0 Å². The van der Waals surface area contributed by atoms with Gasteiger partial charge in [0.2, 0.25) is 0 Å². The van der Waals surface area contributed by atoms with Gasteiger partial charge in [0.15, 0.2) is 0 Å². The van der Waals surface area contributed by atoms with E-state index >= 15 is 0 Å². The molecule has 0 radical (unpaired) electrons. The van der Waals surface area contributed by atoms with E-state index in [2.05, 4.69) is 43.3 Å². The molecule has 1 atom stereocenters. The molecule has 0 bridgehead atoms. The topological polar surface area (TPSA) is 26.3 Å². The Balaban J connectivity index is 1.20. The Morgan fingerprint density at radius 2 is 1.43 bits per heavy atom. The maximum Gasteiger partial charge on any atom is 0.343 e. The second-order valence-electron chi connectivity index (χ2n) is 9.75. The first-order valence-electron chi connectivity index (χ1n) is 13.1. The van der Waals surface area contributed by atoms with Gasteiger partial charge in [0.05, 0.1) is 5.56 Å². The number of benzene rings is 5. The third kappa shape index (κ3) is 6.78. The van der Waals surface area contributed by atoms with Gasteiger partial charge in [-0.05, 0) is 82.6 Å². The molecule has 0 heterocycles. The highest BCUT2D eigenvalue weighted by Crippen LogP contribution is 2.26. The van der Waals surface area contributed by atoms with Gasteiger partial charge in [-0.2, -0.15) is 0 Å². The molecule has 0 amide bonds. The zero-order valence-electron chi connectivity index (χ0n) is 22.1. The van der Waals surface area contributed by atoms with Crippen molar-refractivity contribution in [1.29, 1.82) is 0 Å². The van der Waals surface area contributed by atoms with Crippen molar-refractivity contribution in [3.63, 3.8) is 0 Å². The lowest BCUT2D eigenvalue weighted by Gasteiger charge is -2.12. The monoisotopic (exact) mass is 530 g/mol. The van der Waals surface area contributed by atoms with Crippen molar-refractivity contribution in [2.24, 2.45) is 0 Å². The summed E-state index contributed by atoms with van der Waals surface area (Å²) < 4.78 is 33.2. The van der Waals surface area contributed by atoms with Crippen LogP contribution in [0.1, 0.15) is 45.5 Å². The minimum Gasteiger partial charge on any atom is -0.423 e. The SMILES string of the molecule is CC(Cc1ccc(-c2ccc(/C=C/c3ccc(C(=O)Oc4ccc(F)cc4)cc3)c(F)c2)cc1)c1ccccc1. The lowest BCUT2D eigenvalue weighted by Crippen LogP contribution is -2.08. The van der Waals surface area contributed by atoms with E-state index in [1.807, 2.05) is 24.3 Å². The average Bonchev–Trinajstić information content (AvgIpc) is 2.99. The minimum absolute atomic E-state index is 0.267. The van der Waals surface area contributed by atoms with Crippen molar-refractivity contribution in [3.05, 3.63) is 161 Å². The van der Waals surface area contributed by atoms with Crippen LogP contribution in [0.3, 0.4) is 0 Å². The summed E-state index contributed by atoms with van der Waals surface area (Å²) in [6.45, 7) is 2.23. The van der Waals surface area contributed by atoms with Gasteiger partial charge in [0, 0.05) is 5.56 Å². The van der Waals surface area contributed by atoms with Crippen molar-refractivity contribution >= 4 is 18.1 Å². The second kappa shape index (κ2) is 12.4. The van der Waals surface area contributed by atoms with Crippen LogP contribution in [0.5, 0.6) is 5.75 Å². The van der Waals surface area contributed by atoms with Crippen LogP contribution < -0.4 is 4.74 Å². The summed E-state index contributed by atoms with van der Waals surface area (Å²) in [5.41, 5.74) is 5.99. The molecule has 0 aliphatic heterocycles. The second-order valence-corrected chi connectivity index (χ2v) is 9.75. The molecule has 0 fully saturated rings. The Hall–Kier alpha value is -4.83. The molecular formula is C36H28F2O2. The number of esters is 1. The van der Waals surface area contributed by atoms with Crippen molar-refractivity contribution in [3.8, 4) is 16.9 Å². The number of carbonyl (C=O) groups excluding carboxylic acids is 1. The van der Waals surface area contributed by atoms with Crippen LogP contribution in [0, 0.1) is 11.6 Å². The maximum absolute atomic E-state index is 14.9. The number of halogens is 2. The minimum atomic E-state index is -0.539. The quantitative estimate of drug-likeness (QED) is 0.113. The molecule has 40 heavy (non-hydrogen) atoms. The van der Waals surface area contributed by atoms with E-state index in [1.165, 1.54) is 35.4 Å². The van der Waals surface area contributed by atoms with Crippen LogP contribution in [-0.2, 0) is 6.42 Å². The van der Waals surface area contributed by atoms with Crippen LogP contribution >= 0.6 is 0 Å². The van der Waals surface area contributed by atoms with Gasteiger partial charge in [0.1, 0.15) is 17.4 Å². The Morgan fingerprint density at radius 3 is 2.10 bits per heavy atom. The molecule has 5 rings (SSSR count). The van der Waals surface area contributed by atoms with Crippen LogP contribution in [0.2, 0.25) is 0 Å². The molecule has 4 heteroatoms. The van der Waals surface area contributed by atoms with E-state index in [4.69, 9.17) is 4.74 Å². The smallest absolute Gasteiger partial charge is 0.343 e. The van der Waals surface area contributed by atoms with Gasteiger partial charge < -0.3 is 4.74 Å². The first-order valence-corrected chi connectivity index (χ1v) is 13.1. The molecule has 0 N–H and O–H groups in total. The maximum atomic E-state index is 14.9. The fourth-order valence-electron chi connectivity index (χ4n) is 4.51. The van der Waals surface area contributed by atoms with Gasteiger partial charge in [-0.15, -0.1) is 0 Å². The van der Waals surface area contributed by atoms with Gasteiger partial charge in [-0.1, -0.05) is 97.9 Å². The van der Waals surface area contributed by atoms with Gasteiger partial charge in [-0.25, -0.2) is 13.6 Å². The molecule has 0 aromatic heterocycles. The summed E-state index contributed by atoms with van der Waals surface area (Å²) in [4.78, 5) is 12.3. The normalized spacial score (nSPS) is 11.9. The molecule has 0 aliphatic rings. The third-order valence-electron chi connectivity index (χ3n) is 6.82. The number of carbonyl (C=O) groups is 1.